The molecule has 0 spiro atoms. The van der Waals surface area contributed by atoms with E-state index in [2.05, 4.69) is 35.9 Å². The molecule has 1 nitrogen and oxygen atoms in total. The molecule has 0 N–H and O–H groups in total. The quantitative estimate of drug-likeness (QED) is 0.307. The lowest BCUT2D eigenvalue weighted by atomic mass is 9.77. The normalized spacial score (nSPS) is 19.0. The first-order valence-corrected chi connectivity index (χ1v) is 12.3. The molecule has 1 saturated carbocycles. The van der Waals surface area contributed by atoms with E-state index in [-0.39, 0.29) is 5.75 Å². The summed E-state index contributed by atoms with van der Waals surface area (Å²) in [5, 5.41) is 0. The Morgan fingerprint density at radius 1 is 0.774 bits per heavy atom. The van der Waals surface area contributed by atoms with Crippen molar-refractivity contribution in [3.63, 3.8) is 0 Å². The summed E-state index contributed by atoms with van der Waals surface area (Å²) < 4.78 is 28.9. The van der Waals surface area contributed by atoms with E-state index in [0.717, 1.165) is 30.2 Å². The maximum absolute atomic E-state index is 12.2. The Bertz CT molecular complexity index is 731. The molecule has 0 amide bonds. The molecular weight excluding hydrogens is 390 g/mol. The minimum absolute atomic E-state index is 0.217. The summed E-state index contributed by atoms with van der Waals surface area (Å²) in [6.45, 7) is -0.488. The molecule has 0 heterocycles. The number of halogens is 2. The summed E-state index contributed by atoms with van der Waals surface area (Å²) in [6, 6.07) is 16.2. The number of hydrogen-bond acceptors (Lipinski definition) is 1. The number of unbranched alkanes of at least 4 members (excludes halogenated alkanes) is 4. The van der Waals surface area contributed by atoms with Crippen molar-refractivity contribution in [2.24, 2.45) is 5.92 Å². The SMILES string of the molecule is CCCCCCC[C@H]1CC[C@H](c2ccc(CCc3ccc(OC(F)F)cc3)cc2)CC1. The third kappa shape index (κ3) is 8.27. The van der Waals surface area contributed by atoms with Crippen LogP contribution in [-0.4, -0.2) is 6.61 Å². The third-order valence-corrected chi connectivity index (χ3v) is 6.86. The van der Waals surface area contributed by atoms with E-state index in [9.17, 15) is 8.78 Å². The molecule has 0 saturated heterocycles. The predicted octanol–water partition coefficient (Wildman–Crippen LogP) is 8.71. The number of ether oxygens (including phenoxy) is 1. The maximum Gasteiger partial charge on any atom is 0.387 e. The van der Waals surface area contributed by atoms with E-state index < -0.39 is 6.61 Å². The number of alkyl halides is 2. The van der Waals surface area contributed by atoms with Gasteiger partial charge in [-0.1, -0.05) is 81.8 Å². The molecule has 1 fully saturated rings. The van der Waals surface area contributed by atoms with E-state index in [1.54, 1.807) is 12.1 Å². The van der Waals surface area contributed by atoms with Crippen molar-refractivity contribution in [1.29, 1.82) is 0 Å². The summed E-state index contributed by atoms with van der Waals surface area (Å²) >= 11 is 0. The maximum atomic E-state index is 12.2. The summed E-state index contributed by atoms with van der Waals surface area (Å²) in [5.74, 6) is 1.90. The molecule has 0 radical (unpaired) electrons. The predicted molar refractivity (Wildman–Crippen MR) is 125 cm³/mol. The van der Waals surface area contributed by atoms with Gasteiger partial charge in [-0.05, 0) is 79.2 Å². The topological polar surface area (TPSA) is 9.23 Å². The van der Waals surface area contributed by atoms with Crippen molar-refractivity contribution in [2.45, 2.75) is 96.5 Å². The smallest absolute Gasteiger partial charge is 0.387 e. The van der Waals surface area contributed by atoms with Gasteiger partial charge in [-0.3, -0.25) is 0 Å². The van der Waals surface area contributed by atoms with Crippen molar-refractivity contribution >= 4 is 0 Å². The van der Waals surface area contributed by atoms with Gasteiger partial charge in [-0.15, -0.1) is 0 Å². The monoisotopic (exact) mass is 428 g/mol. The van der Waals surface area contributed by atoms with Crippen molar-refractivity contribution in [3.8, 4) is 5.75 Å². The van der Waals surface area contributed by atoms with Gasteiger partial charge in [0.25, 0.3) is 0 Å². The summed E-state index contributed by atoms with van der Waals surface area (Å²) in [6.07, 6.45) is 15.7. The zero-order valence-corrected chi connectivity index (χ0v) is 19.0. The summed E-state index contributed by atoms with van der Waals surface area (Å²) in [4.78, 5) is 0. The highest BCUT2D eigenvalue weighted by Crippen LogP contribution is 2.37. The standard InChI is InChI=1S/C28H38F2O/c1-2-3-4-5-6-7-22-10-16-25(17-11-22)26-18-12-23(13-19-26)8-9-24-14-20-27(21-15-24)31-28(29)30/h12-15,18-22,25,28H,2-11,16-17H2,1H3/t22-,25-. The van der Waals surface area contributed by atoms with Crippen molar-refractivity contribution in [3.05, 3.63) is 65.2 Å². The molecule has 3 rings (SSSR count). The van der Waals surface area contributed by atoms with Crippen LogP contribution in [-0.2, 0) is 12.8 Å². The van der Waals surface area contributed by atoms with Crippen LogP contribution >= 0.6 is 0 Å². The first kappa shape index (κ1) is 23.8. The molecule has 0 aromatic heterocycles. The minimum Gasteiger partial charge on any atom is -0.435 e. The van der Waals surface area contributed by atoms with Crippen LogP contribution in [0.15, 0.2) is 48.5 Å². The van der Waals surface area contributed by atoms with Crippen molar-refractivity contribution in [1.82, 2.24) is 0 Å². The lowest BCUT2D eigenvalue weighted by Crippen LogP contribution is -2.13. The summed E-state index contributed by atoms with van der Waals surface area (Å²) in [5.41, 5.74) is 3.97. The highest BCUT2D eigenvalue weighted by Gasteiger charge is 2.22. The van der Waals surface area contributed by atoms with Crippen LogP contribution in [0.3, 0.4) is 0 Å². The Balaban J connectivity index is 1.38. The second-order valence-electron chi connectivity index (χ2n) is 9.18. The molecule has 2 aromatic rings. The average Bonchev–Trinajstić information content (AvgIpc) is 2.79. The van der Waals surface area contributed by atoms with E-state index in [1.165, 1.54) is 75.3 Å². The molecular formula is C28H38F2O. The van der Waals surface area contributed by atoms with Crippen LogP contribution in [0.1, 0.15) is 93.7 Å². The number of hydrogen-bond donors (Lipinski definition) is 0. The fourth-order valence-corrected chi connectivity index (χ4v) is 4.90. The van der Waals surface area contributed by atoms with E-state index in [4.69, 9.17) is 0 Å². The molecule has 2 aromatic carbocycles. The zero-order valence-electron chi connectivity index (χ0n) is 19.0. The first-order valence-electron chi connectivity index (χ1n) is 12.3. The van der Waals surface area contributed by atoms with Crippen LogP contribution in [0.4, 0.5) is 8.78 Å². The molecule has 0 bridgehead atoms. The molecule has 0 unspecified atom stereocenters. The van der Waals surface area contributed by atoms with Crippen LogP contribution in [0.5, 0.6) is 5.75 Å². The van der Waals surface area contributed by atoms with Crippen molar-refractivity contribution in [2.75, 3.05) is 0 Å². The Kier molecular flexibility index (Phi) is 9.84. The largest absolute Gasteiger partial charge is 0.435 e. The summed E-state index contributed by atoms with van der Waals surface area (Å²) in [7, 11) is 0. The van der Waals surface area contributed by atoms with Gasteiger partial charge in [0.2, 0.25) is 0 Å². The van der Waals surface area contributed by atoms with Gasteiger partial charge in [0.1, 0.15) is 5.75 Å². The number of aryl methyl sites for hydroxylation is 2. The fourth-order valence-electron chi connectivity index (χ4n) is 4.90. The van der Waals surface area contributed by atoms with Gasteiger partial charge in [0, 0.05) is 0 Å². The Labute approximate surface area is 187 Å². The van der Waals surface area contributed by atoms with Gasteiger partial charge in [-0.2, -0.15) is 8.78 Å². The van der Waals surface area contributed by atoms with Crippen LogP contribution in [0, 0.1) is 5.92 Å². The minimum atomic E-state index is -2.77. The number of benzene rings is 2. The van der Waals surface area contributed by atoms with E-state index >= 15 is 0 Å². The highest BCUT2D eigenvalue weighted by atomic mass is 19.3. The van der Waals surface area contributed by atoms with Gasteiger partial charge in [0.15, 0.2) is 0 Å². The van der Waals surface area contributed by atoms with Gasteiger partial charge >= 0.3 is 6.61 Å². The Morgan fingerprint density at radius 2 is 1.35 bits per heavy atom. The van der Waals surface area contributed by atoms with Gasteiger partial charge in [0.05, 0.1) is 0 Å². The molecule has 170 valence electrons. The fraction of sp³-hybridized carbons (Fsp3) is 0.571. The van der Waals surface area contributed by atoms with Crippen LogP contribution in [0.25, 0.3) is 0 Å². The highest BCUT2D eigenvalue weighted by molar-refractivity contribution is 5.30. The van der Waals surface area contributed by atoms with Crippen LogP contribution < -0.4 is 4.74 Å². The Morgan fingerprint density at radius 3 is 1.94 bits per heavy atom. The molecule has 1 aliphatic carbocycles. The van der Waals surface area contributed by atoms with E-state index in [0.29, 0.717) is 0 Å². The second kappa shape index (κ2) is 12.8. The van der Waals surface area contributed by atoms with Crippen LogP contribution in [0.2, 0.25) is 0 Å². The second-order valence-corrected chi connectivity index (χ2v) is 9.18. The lowest BCUT2D eigenvalue weighted by molar-refractivity contribution is -0.0498. The van der Waals surface area contributed by atoms with E-state index in [1.807, 2.05) is 12.1 Å². The first-order chi connectivity index (χ1) is 15.1. The Hall–Kier alpha value is -1.90. The van der Waals surface area contributed by atoms with Gasteiger partial charge < -0.3 is 4.74 Å². The molecule has 0 atom stereocenters. The van der Waals surface area contributed by atoms with Crippen molar-refractivity contribution < 1.29 is 13.5 Å². The average molecular weight is 429 g/mol. The molecule has 0 aliphatic heterocycles. The van der Waals surface area contributed by atoms with Gasteiger partial charge in [-0.25, -0.2) is 0 Å². The third-order valence-electron chi connectivity index (χ3n) is 6.86. The zero-order chi connectivity index (χ0) is 21.9. The molecule has 1 aliphatic rings. The molecule has 3 heteroatoms. The number of rotatable bonds is 12. The molecule has 31 heavy (non-hydrogen) atoms. The lowest BCUT2D eigenvalue weighted by Gasteiger charge is -2.29.